The molecule has 16 heavy (non-hydrogen) atoms. The molecule has 0 aliphatic heterocycles. The number of benzene rings is 1. The van der Waals surface area contributed by atoms with E-state index in [1.807, 2.05) is 0 Å². The summed E-state index contributed by atoms with van der Waals surface area (Å²) < 4.78 is 40.1. The Hall–Kier alpha value is -0.780. The second-order valence-corrected chi connectivity index (χ2v) is 5.49. The standard InChI is InChI=1S/C9H7Cl2FO3S/c10-4-1-5-15-8-3-2-7(12)6-9(8)16(11,13)14/h1-4,6H,5H2/b4-1+. The summed E-state index contributed by atoms with van der Waals surface area (Å²) in [6.07, 6.45) is 1.45. The summed E-state index contributed by atoms with van der Waals surface area (Å²) in [5, 5.41) is 0. The highest BCUT2D eigenvalue weighted by Crippen LogP contribution is 2.27. The molecule has 0 saturated heterocycles. The molecule has 7 heteroatoms. The molecule has 3 nitrogen and oxygen atoms in total. The van der Waals surface area contributed by atoms with Gasteiger partial charge in [0.1, 0.15) is 23.1 Å². The Morgan fingerprint density at radius 1 is 1.44 bits per heavy atom. The Bertz CT molecular complexity index is 499. The average Bonchev–Trinajstić information content (AvgIpc) is 2.19. The van der Waals surface area contributed by atoms with Crippen LogP contribution in [0.4, 0.5) is 4.39 Å². The Balaban J connectivity index is 3.08. The van der Waals surface area contributed by atoms with Crippen LogP contribution in [0.5, 0.6) is 5.75 Å². The Morgan fingerprint density at radius 3 is 2.69 bits per heavy atom. The van der Waals surface area contributed by atoms with Gasteiger partial charge in [-0.05, 0) is 24.3 Å². The lowest BCUT2D eigenvalue weighted by molar-refractivity contribution is 0.352. The van der Waals surface area contributed by atoms with Crippen LogP contribution < -0.4 is 4.74 Å². The fourth-order valence-corrected chi connectivity index (χ4v) is 2.02. The topological polar surface area (TPSA) is 43.4 Å². The molecule has 1 aromatic rings. The third-order valence-electron chi connectivity index (χ3n) is 1.59. The molecule has 0 aromatic heterocycles. The van der Waals surface area contributed by atoms with Crippen molar-refractivity contribution in [1.82, 2.24) is 0 Å². The van der Waals surface area contributed by atoms with Gasteiger partial charge in [-0.25, -0.2) is 12.8 Å². The number of hydrogen-bond acceptors (Lipinski definition) is 3. The van der Waals surface area contributed by atoms with E-state index in [1.54, 1.807) is 0 Å². The molecule has 0 amide bonds. The van der Waals surface area contributed by atoms with E-state index in [0.29, 0.717) is 0 Å². The van der Waals surface area contributed by atoms with Crippen molar-refractivity contribution in [3.05, 3.63) is 35.6 Å². The van der Waals surface area contributed by atoms with Crippen molar-refractivity contribution in [2.75, 3.05) is 6.61 Å². The maximum Gasteiger partial charge on any atom is 0.265 e. The molecule has 0 radical (unpaired) electrons. The van der Waals surface area contributed by atoms with Crippen molar-refractivity contribution < 1.29 is 17.5 Å². The van der Waals surface area contributed by atoms with Gasteiger partial charge in [0.05, 0.1) is 0 Å². The number of hydrogen-bond donors (Lipinski definition) is 0. The van der Waals surface area contributed by atoms with Gasteiger partial charge < -0.3 is 4.74 Å². The Kier molecular flexibility index (Phi) is 4.58. The highest BCUT2D eigenvalue weighted by atomic mass is 35.7. The Labute approximate surface area is 102 Å². The summed E-state index contributed by atoms with van der Waals surface area (Å²) in [6, 6.07) is 3.06. The van der Waals surface area contributed by atoms with Crippen molar-refractivity contribution in [1.29, 1.82) is 0 Å². The summed E-state index contributed by atoms with van der Waals surface area (Å²) in [5.74, 6) is -0.731. The van der Waals surface area contributed by atoms with Gasteiger partial charge in [-0.15, -0.1) is 0 Å². The summed E-state index contributed by atoms with van der Waals surface area (Å²) in [4.78, 5) is -0.405. The van der Waals surface area contributed by atoms with Crippen LogP contribution in [0, 0.1) is 5.82 Å². The average molecular weight is 285 g/mol. The number of rotatable bonds is 4. The Morgan fingerprint density at radius 2 is 2.12 bits per heavy atom. The van der Waals surface area contributed by atoms with Gasteiger partial charge in [0, 0.05) is 16.2 Å². The van der Waals surface area contributed by atoms with E-state index in [1.165, 1.54) is 17.7 Å². The minimum absolute atomic E-state index is 0.0221. The van der Waals surface area contributed by atoms with Crippen LogP contribution in [0.2, 0.25) is 0 Å². The van der Waals surface area contributed by atoms with Crippen LogP contribution >= 0.6 is 22.3 Å². The fourth-order valence-electron chi connectivity index (χ4n) is 0.966. The molecule has 1 rings (SSSR count). The quantitative estimate of drug-likeness (QED) is 0.799. The minimum atomic E-state index is -4.04. The second kappa shape index (κ2) is 5.52. The zero-order valence-corrected chi connectivity index (χ0v) is 10.2. The predicted octanol–water partition coefficient (Wildman–Crippen LogP) is 2.88. The third-order valence-corrected chi connectivity index (χ3v) is 3.11. The molecule has 0 saturated carbocycles. The van der Waals surface area contributed by atoms with Crippen molar-refractivity contribution in [2.45, 2.75) is 4.90 Å². The minimum Gasteiger partial charge on any atom is -0.488 e. The van der Waals surface area contributed by atoms with E-state index in [2.05, 4.69) is 0 Å². The summed E-state index contributed by atoms with van der Waals surface area (Å²) in [5.41, 5.74) is 1.22. The molecule has 0 unspecified atom stereocenters. The van der Waals surface area contributed by atoms with E-state index in [9.17, 15) is 12.8 Å². The second-order valence-electron chi connectivity index (χ2n) is 2.70. The first kappa shape index (κ1) is 13.3. The van der Waals surface area contributed by atoms with Gasteiger partial charge in [-0.3, -0.25) is 0 Å². The summed E-state index contributed by atoms with van der Waals surface area (Å²) in [6.45, 7) is 0.0640. The smallest absolute Gasteiger partial charge is 0.265 e. The first-order valence-corrected chi connectivity index (χ1v) is 6.82. The van der Waals surface area contributed by atoms with Crippen LogP contribution in [-0.4, -0.2) is 15.0 Å². The largest absolute Gasteiger partial charge is 0.488 e. The fraction of sp³-hybridized carbons (Fsp3) is 0.111. The van der Waals surface area contributed by atoms with Gasteiger partial charge >= 0.3 is 0 Å². The van der Waals surface area contributed by atoms with Crippen LogP contribution in [0.25, 0.3) is 0 Å². The first-order chi connectivity index (χ1) is 7.45. The molecule has 0 N–H and O–H groups in total. The molecule has 0 atom stereocenters. The van der Waals surface area contributed by atoms with Crippen LogP contribution in [0.15, 0.2) is 34.7 Å². The molecule has 0 heterocycles. The molecular formula is C9H7Cl2FO3S. The lowest BCUT2D eigenvalue weighted by Crippen LogP contribution is -2.00. The predicted molar refractivity (Wildman–Crippen MR) is 59.9 cm³/mol. The molecular weight excluding hydrogens is 278 g/mol. The zero-order valence-electron chi connectivity index (χ0n) is 7.86. The van der Waals surface area contributed by atoms with E-state index in [-0.39, 0.29) is 12.4 Å². The molecule has 0 spiro atoms. The van der Waals surface area contributed by atoms with Gasteiger partial charge in [0.15, 0.2) is 0 Å². The zero-order chi connectivity index (χ0) is 12.2. The van der Waals surface area contributed by atoms with Crippen molar-refractivity contribution in [2.24, 2.45) is 0 Å². The van der Waals surface area contributed by atoms with Crippen LogP contribution in [-0.2, 0) is 9.05 Å². The van der Waals surface area contributed by atoms with Gasteiger partial charge in [0.25, 0.3) is 9.05 Å². The van der Waals surface area contributed by atoms with Gasteiger partial charge in [0.2, 0.25) is 0 Å². The molecule has 0 fully saturated rings. The van der Waals surface area contributed by atoms with Crippen molar-refractivity contribution in [3.8, 4) is 5.75 Å². The summed E-state index contributed by atoms with van der Waals surface area (Å²) >= 11 is 5.26. The normalized spacial score (nSPS) is 11.9. The molecule has 0 bridgehead atoms. The van der Waals surface area contributed by atoms with Crippen molar-refractivity contribution in [3.63, 3.8) is 0 Å². The van der Waals surface area contributed by atoms with Gasteiger partial charge in [-0.1, -0.05) is 11.6 Å². The van der Waals surface area contributed by atoms with Crippen LogP contribution in [0.1, 0.15) is 0 Å². The molecule has 88 valence electrons. The summed E-state index contributed by atoms with van der Waals surface area (Å²) in [7, 11) is 1.09. The van der Waals surface area contributed by atoms with Crippen LogP contribution in [0.3, 0.4) is 0 Å². The SMILES string of the molecule is O=S(=O)(Cl)c1cc(F)ccc1OC/C=C/Cl. The van der Waals surface area contributed by atoms with E-state index < -0.39 is 19.8 Å². The van der Waals surface area contributed by atoms with Gasteiger partial charge in [-0.2, -0.15) is 0 Å². The highest BCUT2D eigenvalue weighted by molar-refractivity contribution is 8.13. The van der Waals surface area contributed by atoms with Crippen molar-refractivity contribution >= 4 is 31.3 Å². The van der Waals surface area contributed by atoms with E-state index in [0.717, 1.165) is 12.1 Å². The maximum atomic E-state index is 12.9. The number of ether oxygens (including phenoxy) is 1. The maximum absolute atomic E-state index is 12.9. The highest BCUT2D eigenvalue weighted by Gasteiger charge is 2.17. The molecule has 0 aliphatic carbocycles. The molecule has 1 aromatic carbocycles. The van der Waals surface area contributed by atoms with E-state index in [4.69, 9.17) is 27.0 Å². The lowest BCUT2D eigenvalue weighted by atomic mass is 10.3. The molecule has 0 aliphatic rings. The lowest BCUT2D eigenvalue weighted by Gasteiger charge is -2.07. The number of halogens is 3. The monoisotopic (exact) mass is 284 g/mol. The third kappa shape index (κ3) is 3.66. The van der Waals surface area contributed by atoms with E-state index >= 15 is 0 Å². The first-order valence-electron chi connectivity index (χ1n) is 4.07.